The molecule has 3 atom stereocenters. The minimum Gasteiger partial charge on any atom is -0.449 e. The zero-order valence-electron chi connectivity index (χ0n) is 6.27. The fourth-order valence-corrected chi connectivity index (χ4v) is 1.84. The molecule has 0 N–H and O–H groups in total. The van der Waals surface area contributed by atoms with Gasteiger partial charge in [0.1, 0.15) is 0 Å². The number of ether oxygens (including phenoxy) is 1. The first-order valence-corrected chi connectivity index (χ1v) is 3.38. The molecular formula is C5H7BF3KO. The van der Waals surface area contributed by atoms with E-state index >= 15 is 0 Å². The second-order valence-electron chi connectivity index (χ2n) is 3.07. The van der Waals surface area contributed by atoms with Crippen LogP contribution in [0.15, 0.2) is 0 Å². The topological polar surface area (TPSA) is 9.23 Å². The minimum absolute atomic E-state index is 0. The molecule has 1 aliphatic heterocycles. The maximum Gasteiger partial charge on any atom is 1.00 e. The Morgan fingerprint density at radius 3 is 1.82 bits per heavy atom. The summed E-state index contributed by atoms with van der Waals surface area (Å²) < 4.78 is 40.7. The van der Waals surface area contributed by atoms with Crippen molar-refractivity contribution >= 4 is 6.98 Å². The number of hydrogen-bond acceptors (Lipinski definition) is 1. The fraction of sp³-hybridized carbons (Fsp3) is 1.00. The first-order chi connectivity index (χ1) is 4.61. The second-order valence-corrected chi connectivity index (χ2v) is 3.07. The Labute approximate surface area is 106 Å². The molecule has 0 spiro atoms. The fourth-order valence-electron chi connectivity index (χ4n) is 1.84. The molecule has 1 unspecified atom stereocenters. The van der Waals surface area contributed by atoms with Crippen molar-refractivity contribution in [2.75, 3.05) is 13.2 Å². The van der Waals surface area contributed by atoms with Crippen LogP contribution in [0.1, 0.15) is 0 Å². The van der Waals surface area contributed by atoms with Crippen molar-refractivity contribution in [2.24, 2.45) is 11.8 Å². The van der Waals surface area contributed by atoms with Gasteiger partial charge in [-0.15, -0.1) is 0 Å². The molecule has 1 saturated heterocycles. The molecule has 1 heterocycles. The molecule has 58 valence electrons. The average molecular weight is 190 g/mol. The summed E-state index contributed by atoms with van der Waals surface area (Å²) in [5.41, 5.74) is 0. The Balaban J connectivity index is 0.000000605. The first-order valence-electron chi connectivity index (χ1n) is 3.38. The van der Waals surface area contributed by atoms with Gasteiger partial charge in [-0.25, -0.2) is 0 Å². The van der Waals surface area contributed by atoms with Crippen LogP contribution >= 0.6 is 0 Å². The maximum absolute atomic E-state index is 12.0. The van der Waals surface area contributed by atoms with Crippen LogP contribution in [0.25, 0.3) is 0 Å². The summed E-state index contributed by atoms with van der Waals surface area (Å²) in [4.78, 5) is 0. The van der Waals surface area contributed by atoms with E-state index in [0.717, 1.165) is 0 Å². The molecular weight excluding hydrogens is 183 g/mol. The summed E-state index contributed by atoms with van der Waals surface area (Å²) in [7, 11) is 0. The van der Waals surface area contributed by atoms with E-state index in [2.05, 4.69) is 0 Å². The van der Waals surface area contributed by atoms with Crippen molar-refractivity contribution in [3.8, 4) is 0 Å². The van der Waals surface area contributed by atoms with Crippen LogP contribution in [-0.2, 0) is 4.74 Å². The molecule has 2 rings (SSSR count). The SMILES string of the molecule is F[B-](F)(F)C1[C@H]2COC[C@@H]12.[K+]. The van der Waals surface area contributed by atoms with E-state index in [1.807, 2.05) is 0 Å². The molecule has 2 aliphatic rings. The van der Waals surface area contributed by atoms with Gasteiger partial charge in [0.2, 0.25) is 0 Å². The van der Waals surface area contributed by atoms with Crippen LogP contribution in [0.2, 0.25) is 5.82 Å². The maximum atomic E-state index is 12.0. The summed E-state index contributed by atoms with van der Waals surface area (Å²) in [5.74, 6) is -1.34. The van der Waals surface area contributed by atoms with Gasteiger partial charge in [0, 0.05) is 13.2 Å². The van der Waals surface area contributed by atoms with Crippen molar-refractivity contribution in [3.63, 3.8) is 0 Å². The quantitative estimate of drug-likeness (QED) is 0.456. The third-order valence-electron chi connectivity index (χ3n) is 2.45. The van der Waals surface area contributed by atoms with Gasteiger partial charge in [0.05, 0.1) is 0 Å². The van der Waals surface area contributed by atoms with Crippen molar-refractivity contribution in [2.45, 2.75) is 5.82 Å². The number of hydrogen-bond donors (Lipinski definition) is 0. The molecule has 0 amide bonds. The molecule has 1 aliphatic carbocycles. The predicted octanol–water partition coefficient (Wildman–Crippen LogP) is -1.52. The van der Waals surface area contributed by atoms with Crippen LogP contribution < -0.4 is 51.4 Å². The van der Waals surface area contributed by atoms with Gasteiger partial charge in [-0.05, 0) is 11.8 Å². The van der Waals surface area contributed by atoms with E-state index in [1.54, 1.807) is 0 Å². The second kappa shape index (κ2) is 3.31. The Morgan fingerprint density at radius 2 is 1.55 bits per heavy atom. The van der Waals surface area contributed by atoms with E-state index in [1.165, 1.54) is 0 Å². The number of halogens is 3. The van der Waals surface area contributed by atoms with Crippen molar-refractivity contribution in [1.29, 1.82) is 0 Å². The largest absolute Gasteiger partial charge is 1.00 e. The van der Waals surface area contributed by atoms with E-state index < -0.39 is 12.8 Å². The van der Waals surface area contributed by atoms with Gasteiger partial charge in [-0.2, -0.15) is 0 Å². The van der Waals surface area contributed by atoms with Crippen LogP contribution in [0.5, 0.6) is 0 Å². The van der Waals surface area contributed by atoms with Crippen molar-refractivity contribution in [1.82, 2.24) is 0 Å². The molecule has 11 heavy (non-hydrogen) atoms. The van der Waals surface area contributed by atoms with Gasteiger partial charge in [0.25, 0.3) is 0 Å². The van der Waals surface area contributed by atoms with Crippen LogP contribution in [0.4, 0.5) is 12.9 Å². The smallest absolute Gasteiger partial charge is 0.449 e. The van der Waals surface area contributed by atoms with Gasteiger partial charge in [-0.3, -0.25) is 0 Å². The molecule has 0 radical (unpaired) electrons. The van der Waals surface area contributed by atoms with Crippen LogP contribution in [0, 0.1) is 11.8 Å². The standard InChI is InChI=1S/C5H7BF3O.K/c7-6(8,9)5-3-1-10-2-4(3)5;/h3-5H,1-2H2;/q-1;+1/t3-,4+,5?;. The number of fused-ring (bicyclic) bond motifs is 1. The van der Waals surface area contributed by atoms with Gasteiger partial charge < -0.3 is 17.7 Å². The molecule has 1 saturated carbocycles. The molecule has 0 aromatic rings. The summed E-state index contributed by atoms with van der Waals surface area (Å²) in [6.07, 6.45) is 0. The summed E-state index contributed by atoms with van der Waals surface area (Å²) in [6.45, 7) is -3.91. The predicted molar refractivity (Wildman–Crippen MR) is 30.6 cm³/mol. The van der Waals surface area contributed by atoms with Crippen LogP contribution in [-0.4, -0.2) is 20.2 Å². The summed E-state index contributed by atoms with van der Waals surface area (Å²) in [6, 6.07) is 0. The Bertz CT molecular complexity index is 152. The zero-order chi connectivity index (χ0) is 7.35. The van der Waals surface area contributed by atoms with Gasteiger partial charge in [-0.1, -0.05) is 5.82 Å². The van der Waals surface area contributed by atoms with Crippen LogP contribution in [0.3, 0.4) is 0 Å². The Kier molecular flexibility index (Phi) is 3.17. The summed E-state index contributed by atoms with van der Waals surface area (Å²) in [5, 5.41) is 0. The van der Waals surface area contributed by atoms with E-state index in [9.17, 15) is 12.9 Å². The van der Waals surface area contributed by atoms with E-state index in [4.69, 9.17) is 4.74 Å². The van der Waals surface area contributed by atoms with Gasteiger partial charge in [0.15, 0.2) is 0 Å². The van der Waals surface area contributed by atoms with E-state index in [-0.39, 0.29) is 63.2 Å². The third kappa shape index (κ3) is 1.86. The van der Waals surface area contributed by atoms with E-state index in [0.29, 0.717) is 13.2 Å². The monoisotopic (exact) mass is 190 g/mol. The average Bonchev–Trinajstić information content (AvgIpc) is 2.30. The minimum atomic E-state index is -4.57. The normalized spacial score (nSPS) is 41.2. The molecule has 0 aromatic heterocycles. The molecule has 1 nitrogen and oxygen atoms in total. The molecule has 6 heteroatoms. The van der Waals surface area contributed by atoms with Crippen molar-refractivity contribution in [3.05, 3.63) is 0 Å². The van der Waals surface area contributed by atoms with Gasteiger partial charge >= 0.3 is 58.4 Å². The van der Waals surface area contributed by atoms with Crippen molar-refractivity contribution < 1.29 is 69.1 Å². The third-order valence-corrected chi connectivity index (χ3v) is 2.45. The first kappa shape index (κ1) is 10.5. The Hall–Kier alpha value is 1.45. The molecule has 2 fully saturated rings. The Morgan fingerprint density at radius 1 is 1.09 bits per heavy atom. The molecule has 0 bridgehead atoms. The summed E-state index contributed by atoms with van der Waals surface area (Å²) >= 11 is 0. The zero-order valence-corrected chi connectivity index (χ0v) is 9.39. The molecule has 0 aromatic carbocycles. The number of rotatable bonds is 1.